The molecule has 2 amide bonds. The van der Waals surface area contributed by atoms with E-state index in [-0.39, 0.29) is 6.03 Å². The number of anilines is 1. The number of nitrogens with one attached hydrogen (secondary N) is 2. The standard InChI is InChI=1S/C8H13BrN4O2S/c1-10-8(14)12-16-4-3-13(2)7-5-6(9)11-15-7/h5H,3-4H2,1-2H3,(H2,10,12,14). The van der Waals surface area contributed by atoms with Crippen LogP contribution in [0.1, 0.15) is 0 Å². The highest BCUT2D eigenvalue weighted by atomic mass is 79.9. The van der Waals surface area contributed by atoms with Crippen LogP contribution in [0.4, 0.5) is 10.7 Å². The van der Waals surface area contributed by atoms with Crippen molar-refractivity contribution in [1.82, 2.24) is 15.2 Å². The van der Waals surface area contributed by atoms with Crippen molar-refractivity contribution >= 4 is 39.8 Å². The first-order valence-electron chi connectivity index (χ1n) is 4.56. The molecule has 1 aromatic rings. The van der Waals surface area contributed by atoms with Crippen molar-refractivity contribution < 1.29 is 9.32 Å². The minimum absolute atomic E-state index is 0.199. The number of rotatable bonds is 5. The second-order valence-electron chi connectivity index (χ2n) is 2.94. The Labute approximate surface area is 106 Å². The zero-order valence-electron chi connectivity index (χ0n) is 8.99. The fraction of sp³-hybridized carbons (Fsp3) is 0.500. The molecule has 16 heavy (non-hydrogen) atoms. The summed E-state index contributed by atoms with van der Waals surface area (Å²) >= 11 is 4.55. The molecule has 8 heteroatoms. The van der Waals surface area contributed by atoms with Crippen molar-refractivity contribution in [3.63, 3.8) is 0 Å². The van der Waals surface area contributed by atoms with Crippen molar-refractivity contribution in [1.29, 1.82) is 0 Å². The zero-order valence-corrected chi connectivity index (χ0v) is 11.4. The molecule has 0 radical (unpaired) electrons. The molecule has 0 fully saturated rings. The molecule has 0 saturated carbocycles. The van der Waals surface area contributed by atoms with Gasteiger partial charge in [-0.2, -0.15) is 0 Å². The Bertz CT molecular complexity index is 347. The summed E-state index contributed by atoms with van der Waals surface area (Å²) in [6.45, 7) is 0.746. The molecular weight excluding hydrogens is 296 g/mol. The Morgan fingerprint density at radius 2 is 2.50 bits per heavy atom. The molecule has 0 aromatic carbocycles. The van der Waals surface area contributed by atoms with Crippen molar-refractivity contribution in [3.8, 4) is 0 Å². The minimum Gasteiger partial charge on any atom is -0.343 e. The molecule has 90 valence electrons. The lowest BCUT2D eigenvalue weighted by Crippen LogP contribution is -2.29. The lowest BCUT2D eigenvalue weighted by molar-refractivity contribution is 0.248. The zero-order chi connectivity index (χ0) is 12.0. The van der Waals surface area contributed by atoms with Gasteiger partial charge in [0, 0.05) is 32.5 Å². The molecule has 0 unspecified atom stereocenters. The molecule has 0 spiro atoms. The molecular formula is C8H13BrN4O2S. The molecule has 0 saturated heterocycles. The van der Waals surface area contributed by atoms with Gasteiger partial charge in [0.15, 0.2) is 4.60 Å². The van der Waals surface area contributed by atoms with Gasteiger partial charge in [-0.05, 0) is 27.9 Å². The SMILES string of the molecule is CNC(=O)NSCCN(C)c1cc(Br)no1. The van der Waals surface area contributed by atoms with E-state index in [1.54, 1.807) is 13.1 Å². The maximum atomic E-state index is 10.8. The second kappa shape index (κ2) is 6.64. The lowest BCUT2D eigenvalue weighted by atomic mass is 10.5. The van der Waals surface area contributed by atoms with Gasteiger partial charge in [0.05, 0.1) is 0 Å². The number of aromatic nitrogens is 1. The molecule has 0 aliphatic carbocycles. The van der Waals surface area contributed by atoms with Crippen LogP contribution in [0, 0.1) is 0 Å². The van der Waals surface area contributed by atoms with Gasteiger partial charge < -0.3 is 14.7 Å². The average Bonchev–Trinajstić information content (AvgIpc) is 2.70. The quantitative estimate of drug-likeness (QED) is 0.636. The highest BCUT2D eigenvalue weighted by Crippen LogP contribution is 2.17. The third kappa shape index (κ3) is 4.31. The smallest absolute Gasteiger partial charge is 0.324 e. The summed E-state index contributed by atoms with van der Waals surface area (Å²) in [5, 5.41) is 6.19. The maximum Gasteiger partial charge on any atom is 0.324 e. The summed E-state index contributed by atoms with van der Waals surface area (Å²) in [7, 11) is 3.47. The van der Waals surface area contributed by atoms with Gasteiger partial charge >= 0.3 is 6.03 Å². The third-order valence-electron chi connectivity index (χ3n) is 1.77. The lowest BCUT2D eigenvalue weighted by Gasteiger charge is -2.14. The van der Waals surface area contributed by atoms with Crippen molar-refractivity contribution in [2.75, 3.05) is 31.3 Å². The number of hydrogen-bond donors (Lipinski definition) is 2. The van der Waals surface area contributed by atoms with E-state index < -0.39 is 0 Å². The van der Waals surface area contributed by atoms with E-state index in [0.717, 1.165) is 12.3 Å². The Morgan fingerprint density at radius 3 is 3.06 bits per heavy atom. The second-order valence-corrected chi connectivity index (χ2v) is 4.65. The van der Waals surface area contributed by atoms with E-state index in [2.05, 4.69) is 31.1 Å². The van der Waals surface area contributed by atoms with Gasteiger partial charge in [-0.15, -0.1) is 0 Å². The van der Waals surface area contributed by atoms with Gasteiger partial charge in [0.2, 0.25) is 5.88 Å². The summed E-state index contributed by atoms with van der Waals surface area (Å²) in [5.74, 6) is 1.44. The highest BCUT2D eigenvalue weighted by Gasteiger charge is 2.07. The predicted octanol–water partition coefficient (Wildman–Crippen LogP) is 1.45. The molecule has 1 aromatic heterocycles. The van der Waals surface area contributed by atoms with Crippen molar-refractivity contribution in [3.05, 3.63) is 10.7 Å². The third-order valence-corrected chi connectivity index (χ3v) is 2.86. The number of nitrogens with zero attached hydrogens (tertiary/aromatic N) is 2. The van der Waals surface area contributed by atoms with Gasteiger partial charge in [0.25, 0.3) is 0 Å². The molecule has 1 heterocycles. The monoisotopic (exact) mass is 308 g/mol. The van der Waals surface area contributed by atoms with Crippen LogP contribution in [0.2, 0.25) is 0 Å². The van der Waals surface area contributed by atoms with Gasteiger partial charge in [-0.25, -0.2) is 4.79 Å². The molecule has 6 nitrogen and oxygen atoms in total. The van der Waals surface area contributed by atoms with E-state index in [9.17, 15) is 4.79 Å². The average molecular weight is 309 g/mol. The van der Waals surface area contributed by atoms with Gasteiger partial charge in [-0.3, -0.25) is 4.72 Å². The Balaban J connectivity index is 2.20. The molecule has 2 N–H and O–H groups in total. The fourth-order valence-electron chi connectivity index (χ4n) is 0.885. The normalized spacial score (nSPS) is 9.94. The Morgan fingerprint density at radius 1 is 1.75 bits per heavy atom. The topological polar surface area (TPSA) is 70.4 Å². The number of halogens is 1. The van der Waals surface area contributed by atoms with Gasteiger partial charge in [-0.1, -0.05) is 5.16 Å². The number of amides is 2. The van der Waals surface area contributed by atoms with Crippen LogP contribution in [-0.4, -0.2) is 37.6 Å². The first kappa shape index (κ1) is 13.2. The predicted molar refractivity (Wildman–Crippen MR) is 67.5 cm³/mol. The summed E-state index contributed by atoms with van der Waals surface area (Å²) in [5.41, 5.74) is 0. The van der Waals surface area contributed by atoms with E-state index >= 15 is 0 Å². The van der Waals surface area contributed by atoms with Crippen molar-refractivity contribution in [2.24, 2.45) is 0 Å². The molecule has 0 bridgehead atoms. The molecule has 1 rings (SSSR count). The summed E-state index contributed by atoms with van der Waals surface area (Å²) < 4.78 is 8.35. The number of urea groups is 1. The number of carbonyl (C=O) groups is 1. The van der Waals surface area contributed by atoms with Crippen LogP contribution in [0.5, 0.6) is 0 Å². The van der Waals surface area contributed by atoms with Crippen LogP contribution in [-0.2, 0) is 0 Å². The largest absolute Gasteiger partial charge is 0.343 e. The summed E-state index contributed by atoms with van der Waals surface area (Å²) in [6, 6.07) is 1.59. The minimum atomic E-state index is -0.199. The van der Waals surface area contributed by atoms with Crippen LogP contribution < -0.4 is 14.9 Å². The van der Waals surface area contributed by atoms with Crippen LogP contribution >= 0.6 is 27.9 Å². The maximum absolute atomic E-state index is 10.8. The first-order chi connectivity index (χ1) is 7.63. The molecule has 0 atom stereocenters. The summed E-state index contributed by atoms with van der Waals surface area (Å²) in [4.78, 5) is 12.8. The van der Waals surface area contributed by atoms with Gasteiger partial charge in [0.1, 0.15) is 0 Å². The van der Waals surface area contributed by atoms with Crippen LogP contribution in [0.25, 0.3) is 0 Å². The Kier molecular flexibility index (Phi) is 5.47. The Hall–Kier alpha value is -0.890. The van der Waals surface area contributed by atoms with E-state index in [0.29, 0.717) is 10.5 Å². The first-order valence-corrected chi connectivity index (χ1v) is 6.34. The van der Waals surface area contributed by atoms with Crippen molar-refractivity contribution in [2.45, 2.75) is 0 Å². The number of carbonyl (C=O) groups excluding carboxylic acids is 1. The van der Waals surface area contributed by atoms with Crippen LogP contribution in [0.3, 0.4) is 0 Å². The van der Waals surface area contributed by atoms with E-state index in [1.807, 2.05) is 11.9 Å². The summed E-state index contributed by atoms with van der Waals surface area (Å²) in [6.07, 6.45) is 0. The highest BCUT2D eigenvalue weighted by molar-refractivity contribution is 9.10. The fourth-order valence-corrected chi connectivity index (χ4v) is 1.85. The van der Waals surface area contributed by atoms with E-state index in [4.69, 9.17) is 4.52 Å². The molecule has 0 aliphatic rings. The molecule has 0 aliphatic heterocycles. The van der Waals surface area contributed by atoms with E-state index in [1.165, 1.54) is 11.9 Å². The number of hydrogen-bond acceptors (Lipinski definition) is 5. The van der Waals surface area contributed by atoms with Crippen LogP contribution in [0.15, 0.2) is 15.2 Å².